The topological polar surface area (TPSA) is 58.8 Å². The number of anilines is 2. The van der Waals surface area contributed by atoms with Gasteiger partial charge in [0, 0.05) is 0 Å². The van der Waals surface area contributed by atoms with E-state index in [2.05, 4.69) is 75.6 Å². The molecule has 0 N–H and O–H groups in total. The van der Waals surface area contributed by atoms with Crippen LogP contribution in [0.2, 0.25) is 0 Å². The van der Waals surface area contributed by atoms with Gasteiger partial charge < -0.3 is 0 Å². The van der Waals surface area contributed by atoms with Crippen molar-refractivity contribution in [2.24, 2.45) is 0 Å². The fourth-order valence-corrected chi connectivity index (χ4v) is 12.5. The fourth-order valence-electron chi connectivity index (χ4n) is 5.73. The number of halogens is 2. The second-order valence-corrected chi connectivity index (χ2v) is 19.8. The van der Waals surface area contributed by atoms with Crippen molar-refractivity contribution < 1.29 is 21.6 Å². The predicted molar refractivity (Wildman–Crippen MR) is 166 cm³/mol. The third kappa shape index (κ3) is 5.75. The molecule has 6 nitrogen and oxygen atoms in total. The Morgan fingerprint density at radius 3 is 1.68 bits per heavy atom. The van der Waals surface area contributed by atoms with Crippen LogP contribution in [0, 0.1) is 51.7 Å². The molecule has 0 radical (unpaired) electrons. The molecule has 40 heavy (non-hydrogen) atoms. The van der Waals surface area contributed by atoms with Crippen LogP contribution in [0.4, 0.5) is 11.4 Å². The zero-order valence-corrected chi connectivity index (χ0v) is 27.5. The number of benzene rings is 3. The van der Waals surface area contributed by atoms with Crippen LogP contribution in [0.1, 0.15) is 52.8 Å². The molecule has 0 saturated carbocycles. The zero-order valence-electron chi connectivity index (χ0n) is 24.3. The summed E-state index contributed by atoms with van der Waals surface area (Å²) in [6.07, 6.45) is -0.178. The zero-order chi connectivity index (χ0) is 29.5. The Labute approximate surface area is 247 Å². The molecule has 1 saturated heterocycles. The Morgan fingerprint density at radius 2 is 1.27 bits per heavy atom. The number of rotatable bonds is 6. The Bertz CT molecular complexity index is 1500. The summed E-state index contributed by atoms with van der Waals surface area (Å²) in [4.78, 5) is 16.8. The number of nitro groups is 1. The maximum absolute atomic E-state index is 12.9. The van der Waals surface area contributed by atoms with Gasteiger partial charge in [-0.3, -0.25) is 0 Å². The SMILES string of the molecule is Cc1cc(C)c(N2CCN(c3c(C)cc(C)cc3C)[C]2=[Ru-4]([Cl])([Cl])=[C](c2ccccc2OC(C)C)[N+](=O)[O-])c(C)c1. The van der Waals surface area contributed by atoms with Gasteiger partial charge in [-0.05, 0) is 0 Å². The number of aryl methyl sites for hydroxylation is 6. The van der Waals surface area contributed by atoms with Gasteiger partial charge in [0.2, 0.25) is 0 Å². The molecule has 1 aliphatic rings. The van der Waals surface area contributed by atoms with Gasteiger partial charge in [0.15, 0.2) is 0 Å². The van der Waals surface area contributed by atoms with Crippen LogP contribution in [-0.2, 0) is 11.9 Å². The van der Waals surface area contributed by atoms with Crippen molar-refractivity contribution in [1.29, 1.82) is 0 Å². The van der Waals surface area contributed by atoms with Crippen molar-refractivity contribution in [3.05, 3.63) is 97.6 Å². The summed E-state index contributed by atoms with van der Waals surface area (Å²) < 4.78 is 6.44. The van der Waals surface area contributed by atoms with Crippen molar-refractivity contribution in [3.63, 3.8) is 0 Å². The molecule has 0 aliphatic carbocycles. The average Bonchev–Trinajstić information content (AvgIpc) is 3.23. The summed E-state index contributed by atoms with van der Waals surface area (Å²) >= 11 is -4.50. The molecular formula is C31H37Cl2N3O3Ru-4. The molecule has 0 bridgehead atoms. The molecule has 4 rings (SSSR count). The Morgan fingerprint density at radius 1 is 0.850 bits per heavy atom. The van der Waals surface area contributed by atoms with Crippen molar-refractivity contribution in [1.82, 2.24) is 0 Å². The number of ether oxygens (including phenoxy) is 1. The van der Waals surface area contributed by atoms with Crippen molar-refractivity contribution in [3.8, 4) is 5.75 Å². The minimum atomic E-state index is -4.50. The molecule has 1 aliphatic heterocycles. The molecule has 220 valence electrons. The quantitative estimate of drug-likeness (QED) is 0.153. The van der Waals surface area contributed by atoms with Gasteiger partial charge in [-0.2, -0.15) is 0 Å². The van der Waals surface area contributed by atoms with E-state index in [4.69, 9.17) is 24.1 Å². The number of nitrogens with zero attached hydrogens (tertiary/aromatic N) is 3. The molecule has 0 spiro atoms. The summed E-state index contributed by atoms with van der Waals surface area (Å²) in [7, 11) is 15.0. The summed E-state index contributed by atoms with van der Waals surface area (Å²) in [5.41, 5.74) is 8.91. The van der Waals surface area contributed by atoms with Crippen molar-refractivity contribution >= 4 is 39.3 Å². The van der Waals surface area contributed by atoms with Crippen LogP contribution in [0.15, 0.2) is 48.5 Å². The molecule has 0 atom stereocenters. The van der Waals surface area contributed by atoms with Gasteiger partial charge in [-0.15, -0.1) is 0 Å². The molecule has 9 heteroatoms. The maximum atomic E-state index is 12.9. The average molecular weight is 672 g/mol. The summed E-state index contributed by atoms with van der Waals surface area (Å²) in [6, 6.07) is 15.5. The first-order valence-corrected chi connectivity index (χ1v) is 19.4. The van der Waals surface area contributed by atoms with E-state index >= 15 is 0 Å². The molecule has 3 aromatic rings. The molecular weight excluding hydrogens is 634 g/mol. The van der Waals surface area contributed by atoms with E-state index in [1.54, 1.807) is 24.3 Å². The van der Waals surface area contributed by atoms with Gasteiger partial charge in [0.25, 0.3) is 0 Å². The van der Waals surface area contributed by atoms with Gasteiger partial charge >= 0.3 is 249 Å². The van der Waals surface area contributed by atoms with Crippen LogP contribution in [0.3, 0.4) is 0 Å². The molecule has 0 unspecified atom stereocenters. The Balaban J connectivity index is 2.19. The molecule has 0 aromatic heterocycles. The van der Waals surface area contributed by atoms with E-state index in [9.17, 15) is 10.1 Å². The molecule has 0 amide bonds. The van der Waals surface area contributed by atoms with Gasteiger partial charge in [0.05, 0.1) is 0 Å². The summed E-state index contributed by atoms with van der Waals surface area (Å²) in [5, 5.41) is 12.9. The van der Waals surface area contributed by atoms with E-state index in [1.807, 2.05) is 13.8 Å². The Kier molecular flexibility index (Phi) is 8.89. The van der Waals surface area contributed by atoms with E-state index in [-0.39, 0.29) is 10.3 Å². The molecule has 1 heterocycles. The first-order chi connectivity index (χ1) is 18.7. The monoisotopic (exact) mass is 671 g/mol. The standard InChI is InChI=1S/C21H26N2.C10H11NO3.2ClH.Ru/c1-14-9-16(3)20(17(4)10-14)22-7-8-23(13-22)21-18(5)11-15(2)12-19(21)6;1-8(2)14-10-6-4-3-5-9(10)7-11(12)13;;;/h9-12H,7-8H2,1-6H3;3-6,8H,1-2H3;2*1H;/q;;;;-2/p-2. The first kappa shape index (κ1) is 30.4. The van der Waals surface area contributed by atoms with Crippen LogP contribution < -0.4 is 14.5 Å². The molecule has 1 fully saturated rings. The molecule has 3 aromatic carbocycles. The minimum absolute atomic E-state index is 0.174. The van der Waals surface area contributed by atoms with E-state index in [0.29, 0.717) is 28.8 Å². The second kappa shape index (κ2) is 11.7. The fraction of sp³-hybridized carbons (Fsp3) is 0.355. The van der Waals surface area contributed by atoms with E-state index in [1.165, 1.54) is 0 Å². The third-order valence-corrected chi connectivity index (χ3v) is 13.5. The first-order valence-electron chi connectivity index (χ1n) is 13.2. The van der Waals surface area contributed by atoms with Gasteiger partial charge in [-0.1, -0.05) is 0 Å². The summed E-state index contributed by atoms with van der Waals surface area (Å²) in [5.74, 6) is 0.401. The van der Waals surface area contributed by atoms with Crippen LogP contribution in [-0.4, -0.2) is 32.7 Å². The Hall–Kier alpha value is -2.60. The third-order valence-electron chi connectivity index (χ3n) is 6.82. The van der Waals surface area contributed by atoms with E-state index < -0.39 is 16.8 Å². The van der Waals surface area contributed by atoms with Gasteiger partial charge in [-0.25, -0.2) is 0 Å². The predicted octanol–water partition coefficient (Wildman–Crippen LogP) is 7.65. The number of para-hydroxylation sites is 1. The normalized spacial score (nSPS) is 14.2. The van der Waals surface area contributed by atoms with Crippen molar-refractivity contribution in [2.45, 2.75) is 61.5 Å². The van der Waals surface area contributed by atoms with E-state index in [0.717, 1.165) is 44.8 Å². The summed E-state index contributed by atoms with van der Waals surface area (Å²) in [6.45, 7) is 17.4. The van der Waals surface area contributed by atoms with Crippen LogP contribution in [0.25, 0.3) is 0 Å². The number of hydrogen-bond acceptors (Lipinski definition) is 5. The van der Waals surface area contributed by atoms with Crippen LogP contribution >= 0.6 is 19.4 Å². The second-order valence-electron chi connectivity index (χ2n) is 10.7. The van der Waals surface area contributed by atoms with Gasteiger partial charge in [0.1, 0.15) is 0 Å². The van der Waals surface area contributed by atoms with Crippen LogP contribution in [0.5, 0.6) is 5.75 Å². The number of hydrogen-bond donors (Lipinski definition) is 0. The van der Waals surface area contributed by atoms with Crippen molar-refractivity contribution in [2.75, 3.05) is 22.9 Å².